The summed E-state index contributed by atoms with van der Waals surface area (Å²) >= 11 is 1.24. The number of allylic oxidation sites excluding steroid dienone is 9. The van der Waals surface area contributed by atoms with Crippen molar-refractivity contribution in [1.29, 1.82) is 0 Å². The van der Waals surface area contributed by atoms with Crippen molar-refractivity contribution in [2.24, 2.45) is 33.7 Å². The van der Waals surface area contributed by atoms with Crippen LogP contribution in [0.2, 0.25) is 0 Å². The van der Waals surface area contributed by atoms with E-state index in [1.54, 1.807) is 6.08 Å². The fraction of sp³-hybridized carbons (Fsp3) is 0.656. The van der Waals surface area contributed by atoms with Crippen LogP contribution in [0.4, 0.5) is 0 Å². The molecule has 0 N–H and O–H groups in total. The Balaban J connectivity index is 1.28. The first-order valence-electron chi connectivity index (χ1n) is 14.2. The number of esters is 1. The summed E-state index contributed by atoms with van der Waals surface area (Å²) in [5.41, 5.74) is 5.25. The molecule has 37 heavy (non-hydrogen) atoms. The summed E-state index contributed by atoms with van der Waals surface area (Å²) in [5, 5.41) is 0. The Hall–Kier alpha value is -1.88. The van der Waals surface area contributed by atoms with Crippen molar-refractivity contribution in [2.75, 3.05) is 6.61 Å². The van der Waals surface area contributed by atoms with Crippen LogP contribution in [0, 0.1) is 34.0 Å². The molecular weight excluding hydrogens is 478 g/mol. The molecule has 4 bridgehead atoms. The van der Waals surface area contributed by atoms with Gasteiger partial charge in [-0.2, -0.15) is 0 Å². The number of carbonyl (C=O) groups is 1. The minimum Gasteiger partial charge on any atom is -0.462 e. The molecule has 4 fully saturated rings. The van der Waals surface area contributed by atoms with Crippen molar-refractivity contribution in [1.82, 2.24) is 0 Å². The van der Waals surface area contributed by atoms with Crippen LogP contribution in [-0.4, -0.2) is 17.3 Å². The summed E-state index contributed by atoms with van der Waals surface area (Å²) in [5.74, 6) is 2.43. The van der Waals surface area contributed by atoms with Gasteiger partial charge in [0.2, 0.25) is 0 Å². The van der Waals surface area contributed by atoms with E-state index in [0.717, 1.165) is 23.8 Å². The van der Waals surface area contributed by atoms with Crippen LogP contribution in [0.3, 0.4) is 0 Å². The van der Waals surface area contributed by atoms with Gasteiger partial charge in [-0.05, 0) is 119 Å². The van der Waals surface area contributed by atoms with Gasteiger partial charge in [-0.1, -0.05) is 55.4 Å². The maximum absolute atomic E-state index is 12.5. The third-order valence-corrected chi connectivity index (χ3v) is 10.9. The van der Waals surface area contributed by atoms with E-state index in [1.165, 1.54) is 80.0 Å². The van der Waals surface area contributed by atoms with E-state index < -0.39 is 0 Å². The molecule has 0 saturated heterocycles. The lowest BCUT2D eigenvalue weighted by Crippen LogP contribution is -2.56. The fourth-order valence-electron chi connectivity index (χ4n) is 7.87. The van der Waals surface area contributed by atoms with Gasteiger partial charge >= 0.3 is 5.97 Å². The second-order valence-corrected chi connectivity index (χ2v) is 13.9. The Kier molecular flexibility index (Phi) is 9.04. The lowest BCUT2D eigenvalue weighted by molar-refractivity contribution is -0.138. The highest BCUT2D eigenvalue weighted by Crippen LogP contribution is 2.64. The second-order valence-electron chi connectivity index (χ2n) is 12.8. The molecule has 5 aliphatic carbocycles. The predicted molar refractivity (Wildman–Crippen MR) is 155 cm³/mol. The van der Waals surface area contributed by atoms with Crippen LogP contribution in [-0.2, 0) is 9.53 Å². The van der Waals surface area contributed by atoms with Gasteiger partial charge < -0.3 is 4.74 Å². The highest BCUT2D eigenvalue weighted by atomic mass is 32.2. The molecule has 5 aliphatic rings. The summed E-state index contributed by atoms with van der Waals surface area (Å²) < 4.78 is 8.77. The van der Waals surface area contributed by atoms with Crippen LogP contribution >= 0.6 is 11.9 Å². The maximum atomic E-state index is 12.5. The van der Waals surface area contributed by atoms with E-state index in [-0.39, 0.29) is 16.1 Å². The van der Waals surface area contributed by atoms with Crippen LogP contribution < -0.4 is 0 Å². The van der Waals surface area contributed by atoms with E-state index in [4.69, 9.17) is 4.74 Å². The van der Waals surface area contributed by atoms with Crippen molar-refractivity contribution in [3.05, 3.63) is 63.7 Å². The molecular formula is C32H45NO3S. The summed E-state index contributed by atoms with van der Waals surface area (Å²) in [4.78, 5) is 23.8. The first-order chi connectivity index (χ1) is 17.6. The molecule has 0 aromatic heterocycles. The van der Waals surface area contributed by atoms with Crippen molar-refractivity contribution in [2.45, 2.75) is 97.2 Å². The van der Waals surface area contributed by atoms with Gasteiger partial charge in [-0.15, -0.1) is 4.91 Å². The number of nitroso groups, excluding NO2 is 1. The Morgan fingerprint density at radius 2 is 1.73 bits per heavy atom. The molecule has 0 heterocycles. The Morgan fingerprint density at radius 3 is 2.35 bits per heavy atom. The van der Waals surface area contributed by atoms with Crippen LogP contribution in [0.5, 0.6) is 0 Å². The molecule has 0 unspecified atom stereocenters. The maximum Gasteiger partial charge on any atom is 0.331 e. The fourth-order valence-corrected chi connectivity index (χ4v) is 8.87. The largest absolute Gasteiger partial charge is 0.462 e. The van der Waals surface area contributed by atoms with Gasteiger partial charge in [0.25, 0.3) is 0 Å². The zero-order valence-electron chi connectivity index (χ0n) is 23.4. The van der Waals surface area contributed by atoms with Crippen molar-refractivity contribution in [3.8, 4) is 0 Å². The predicted octanol–water partition coefficient (Wildman–Crippen LogP) is 9.06. The van der Waals surface area contributed by atoms with E-state index in [0.29, 0.717) is 18.4 Å². The summed E-state index contributed by atoms with van der Waals surface area (Å²) in [7, 11) is 0. The smallest absolute Gasteiger partial charge is 0.331 e. The normalized spacial score (nSPS) is 33.5. The number of rotatable bonds is 10. The van der Waals surface area contributed by atoms with Gasteiger partial charge in [-0.25, -0.2) is 4.79 Å². The molecule has 0 aliphatic heterocycles. The first kappa shape index (κ1) is 28.1. The van der Waals surface area contributed by atoms with Crippen LogP contribution in [0.1, 0.15) is 92.4 Å². The van der Waals surface area contributed by atoms with E-state index in [2.05, 4.69) is 50.5 Å². The number of nitrogens with zero attached hydrogens (tertiary/aromatic N) is 1. The number of hydrogen-bond acceptors (Lipinski definition) is 5. The zero-order valence-corrected chi connectivity index (χ0v) is 24.2. The lowest BCUT2D eigenvalue weighted by atomic mass is 9.51. The average molecular weight is 524 g/mol. The van der Waals surface area contributed by atoms with E-state index >= 15 is 0 Å². The van der Waals surface area contributed by atoms with E-state index in [9.17, 15) is 9.70 Å². The monoisotopic (exact) mass is 523 g/mol. The molecule has 5 heteroatoms. The number of ether oxygens (including phenoxy) is 1. The second kappa shape index (κ2) is 11.9. The van der Waals surface area contributed by atoms with Crippen molar-refractivity contribution >= 4 is 17.9 Å². The Morgan fingerprint density at radius 1 is 1.05 bits per heavy atom. The topological polar surface area (TPSA) is 55.7 Å². The summed E-state index contributed by atoms with van der Waals surface area (Å²) in [6.45, 7) is 11.3. The summed E-state index contributed by atoms with van der Waals surface area (Å²) in [6.07, 6.45) is 22.7. The van der Waals surface area contributed by atoms with Gasteiger partial charge in [0.15, 0.2) is 0 Å². The van der Waals surface area contributed by atoms with Gasteiger partial charge in [0.1, 0.15) is 0 Å². The molecule has 0 aromatic carbocycles. The molecule has 4 nitrogen and oxygen atoms in total. The molecule has 0 amide bonds. The lowest BCUT2D eigenvalue weighted by Gasteiger charge is -2.59. The quantitative estimate of drug-likeness (QED) is 0.0942. The van der Waals surface area contributed by atoms with Crippen LogP contribution in [0.25, 0.3) is 0 Å². The molecule has 0 atom stereocenters. The van der Waals surface area contributed by atoms with Gasteiger partial charge in [0.05, 0.1) is 11.4 Å². The van der Waals surface area contributed by atoms with Gasteiger partial charge in [-0.3, -0.25) is 0 Å². The van der Waals surface area contributed by atoms with Crippen molar-refractivity contribution < 1.29 is 9.53 Å². The minimum atomic E-state index is -0.312. The molecule has 0 spiro atoms. The Labute approximate surface area is 228 Å². The standard InChI is InChI=1S/C32H45NO3S/c1-22(11-12-29-24(3)10-7-13-31(29,4)5)8-6-9-23(2)16-30(34)36-15-14-32(37-33-35)27-18-25-17-26(20-27)21-28(32)19-25/h6,8-9,11-12,16,25-28H,7,10,13-15,17-21H2,1-5H3. The molecule has 202 valence electrons. The Bertz CT molecular complexity index is 1000. The molecule has 0 aromatic rings. The summed E-state index contributed by atoms with van der Waals surface area (Å²) in [6, 6.07) is 0. The minimum absolute atomic E-state index is 0.134. The SMILES string of the molecule is CC(C=CC1=C(C)CCCC1(C)C)=CC=CC(C)=CC(=O)OCCC1(SN=O)C2CC3CC(C2)CC1C3. The van der Waals surface area contributed by atoms with Gasteiger partial charge in [0, 0.05) is 22.6 Å². The van der Waals surface area contributed by atoms with Crippen LogP contribution in [0.15, 0.2) is 63.3 Å². The van der Waals surface area contributed by atoms with Crippen molar-refractivity contribution in [3.63, 3.8) is 0 Å². The highest BCUT2D eigenvalue weighted by Gasteiger charge is 2.58. The average Bonchev–Trinajstić information content (AvgIpc) is 2.81. The number of hydrogen-bond donors (Lipinski definition) is 0. The number of carbonyl (C=O) groups excluding carboxylic acids is 1. The zero-order chi connectivity index (χ0) is 26.6. The molecule has 4 saturated carbocycles. The molecule has 5 rings (SSSR count). The first-order valence-corrected chi connectivity index (χ1v) is 15.0. The third kappa shape index (κ3) is 6.58. The van der Waals surface area contributed by atoms with E-state index in [1.807, 2.05) is 19.1 Å². The third-order valence-electron chi connectivity index (χ3n) is 9.58. The highest BCUT2D eigenvalue weighted by molar-refractivity contribution is 7.99. The molecule has 0 radical (unpaired) electrons.